The predicted octanol–water partition coefficient (Wildman–Crippen LogP) is 2.96. The van der Waals surface area contributed by atoms with Crippen LogP contribution in [0.15, 0.2) is 18.2 Å². The zero-order valence-corrected chi connectivity index (χ0v) is 11.7. The number of hydrogen-bond donors (Lipinski definition) is 1. The Kier molecular flexibility index (Phi) is 4.36. The summed E-state index contributed by atoms with van der Waals surface area (Å²) in [4.78, 5) is 0. The molecule has 1 aliphatic rings. The van der Waals surface area contributed by atoms with Gasteiger partial charge in [0.25, 0.3) is 0 Å². The van der Waals surface area contributed by atoms with Gasteiger partial charge in [-0.1, -0.05) is 0 Å². The fourth-order valence-corrected chi connectivity index (χ4v) is 2.37. The second-order valence-electron chi connectivity index (χ2n) is 4.90. The summed E-state index contributed by atoms with van der Waals surface area (Å²) in [6.45, 7) is 2.61. The van der Waals surface area contributed by atoms with E-state index in [2.05, 4.69) is 5.32 Å². The van der Waals surface area contributed by atoms with Crippen molar-refractivity contribution in [2.75, 3.05) is 18.3 Å². The summed E-state index contributed by atoms with van der Waals surface area (Å²) in [6, 6.07) is 4.61. The van der Waals surface area contributed by atoms with Crippen LogP contribution in [0.3, 0.4) is 0 Å². The van der Waals surface area contributed by atoms with Gasteiger partial charge in [-0.25, -0.2) is 4.39 Å². The molecule has 1 unspecified atom stereocenters. The Morgan fingerprint density at radius 1 is 1.44 bits per heavy atom. The summed E-state index contributed by atoms with van der Waals surface area (Å²) in [5.74, 6) is 1.41. The molecule has 1 heterocycles. The lowest BCUT2D eigenvalue weighted by atomic mass is 10.1. The van der Waals surface area contributed by atoms with Crippen molar-refractivity contribution in [3.8, 4) is 5.75 Å². The molecule has 0 bridgehead atoms. The highest BCUT2D eigenvalue weighted by Gasteiger charge is 2.27. The highest BCUT2D eigenvalue weighted by Crippen LogP contribution is 2.29. The van der Waals surface area contributed by atoms with Crippen molar-refractivity contribution in [3.63, 3.8) is 0 Å². The first-order valence-corrected chi connectivity index (χ1v) is 6.95. The molecule has 2 rings (SSSR count). The average Bonchev–Trinajstić information content (AvgIpc) is 2.78. The summed E-state index contributed by atoms with van der Waals surface area (Å²) in [7, 11) is 0. The molecule has 1 atom stereocenters. The lowest BCUT2D eigenvalue weighted by molar-refractivity contribution is 0.213. The molecule has 1 N–H and O–H groups in total. The number of rotatable bonds is 5. The largest absolute Gasteiger partial charge is 0.488 e. The molecule has 0 aromatic heterocycles. The highest BCUT2D eigenvalue weighted by molar-refractivity contribution is 6.22. The third-order valence-electron chi connectivity index (χ3n) is 3.11. The van der Waals surface area contributed by atoms with Crippen LogP contribution in [0.5, 0.6) is 5.75 Å². The van der Waals surface area contributed by atoms with Crippen LogP contribution in [-0.2, 0) is 6.42 Å². The molecule has 0 fully saturated rings. The first-order valence-electron chi connectivity index (χ1n) is 5.88. The normalized spacial score (nSPS) is 18.6. The zero-order chi connectivity index (χ0) is 13.2. The van der Waals surface area contributed by atoms with Crippen molar-refractivity contribution >= 4 is 23.2 Å². The molecule has 0 spiro atoms. The molecule has 0 radical (unpaired) electrons. The number of hydrogen-bond acceptors (Lipinski definition) is 2. The third-order valence-corrected chi connectivity index (χ3v) is 4.29. The lowest BCUT2D eigenvalue weighted by Crippen LogP contribution is -2.49. The van der Waals surface area contributed by atoms with E-state index < -0.39 is 0 Å². The molecule has 1 aliphatic heterocycles. The highest BCUT2D eigenvalue weighted by atomic mass is 35.5. The molecule has 1 aromatic rings. The first-order chi connectivity index (χ1) is 8.56. The van der Waals surface area contributed by atoms with Gasteiger partial charge in [0.15, 0.2) is 0 Å². The van der Waals surface area contributed by atoms with Crippen molar-refractivity contribution in [2.45, 2.75) is 25.0 Å². The summed E-state index contributed by atoms with van der Waals surface area (Å²) in [5.41, 5.74) is 0.618. The Hall–Kier alpha value is -0.510. The molecular weight excluding hydrogens is 276 g/mol. The van der Waals surface area contributed by atoms with E-state index in [9.17, 15) is 4.39 Å². The van der Waals surface area contributed by atoms with Gasteiger partial charge in [0.2, 0.25) is 0 Å². The van der Waals surface area contributed by atoms with Gasteiger partial charge in [0, 0.05) is 35.8 Å². The Morgan fingerprint density at radius 3 is 2.83 bits per heavy atom. The Labute approximate surface area is 116 Å². The molecular formula is C13H16Cl2FNO. The van der Waals surface area contributed by atoms with E-state index in [-0.39, 0.29) is 17.5 Å². The van der Waals surface area contributed by atoms with Gasteiger partial charge in [0.1, 0.15) is 17.7 Å². The van der Waals surface area contributed by atoms with Gasteiger partial charge in [-0.3, -0.25) is 0 Å². The maximum absolute atomic E-state index is 13.1. The summed E-state index contributed by atoms with van der Waals surface area (Å²) >= 11 is 11.7. The van der Waals surface area contributed by atoms with Crippen LogP contribution in [-0.4, -0.2) is 29.9 Å². The molecule has 0 amide bonds. The summed E-state index contributed by atoms with van der Waals surface area (Å²) in [6.07, 6.45) is 0.716. The van der Waals surface area contributed by atoms with E-state index in [4.69, 9.17) is 27.9 Å². The molecule has 18 heavy (non-hydrogen) atoms. The number of fused-ring (bicyclic) bond motifs is 1. The Balaban J connectivity index is 1.92. The number of ether oxygens (including phenoxy) is 1. The lowest BCUT2D eigenvalue weighted by Gasteiger charge is -2.27. The topological polar surface area (TPSA) is 21.3 Å². The number of halogens is 3. The van der Waals surface area contributed by atoms with Crippen molar-refractivity contribution in [2.24, 2.45) is 0 Å². The van der Waals surface area contributed by atoms with Crippen molar-refractivity contribution in [1.82, 2.24) is 5.32 Å². The molecule has 2 nitrogen and oxygen atoms in total. The molecule has 100 valence electrons. The van der Waals surface area contributed by atoms with E-state index >= 15 is 0 Å². The standard InChI is InChI=1S/C13H16Cl2FNO/c1-13(7-14,8-15)17-6-11-5-9-4-10(16)2-3-12(9)18-11/h2-4,11,17H,5-8H2,1H3. The van der Waals surface area contributed by atoms with Crippen LogP contribution in [0.25, 0.3) is 0 Å². The van der Waals surface area contributed by atoms with Crippen LogP contribution in [0, 0.1) is 5.82 Å². The maximum atomic E-state index is 13.1. The third kappa shape index (κ3) is 3.08. The SMILES string of the molecule is CC(CCl)(CCl)NCC1Cc2cc(F)ccc2O1. The number of benzene rings is 1. The van der Waals surface area contributed by atoms with E-state index in [1.807, 2.05) is 6.92 Å². The van der Waals surface area contributed by atoms with Gasteiger partial charge in [0.05, 0.1) is 0 Å². The van der Waals surface area contributed by atoms with Gasteiger partial charge < -0.3 is 10.1 Å². The van der Waals surface area contributed by atoms with Gasteiger partial charge in [-0.15, -0.1) is 23.2 Å². The molecule has 0 saturated heterocycles. The Morgan fingerprint density at radius 2 is 2.17 bits per heavy atom. The van der Waals surface area contributed by atoms with Crippen molar-refractivity contribution < 1.29 is 9.13 Å². The first kappa shape index (κ1) is 13.9. The second kappa shape index (κ2) is 5.64. The van der Waals surface area contributed by atoms with Gasteiger partial charge >= 0.3 is 0 Å². The predicted molar refractivity (Wildman–Crippen MR) is 72.4 cm³/mol. The number of nitrogens with one attached hydrogen (secondary N) is 1. The summed E-state index contributed by atoms with van der Waals surface area (Å²) < 4.78 is 18.8. The van der Waals surface area contributed by atoms with Crippen LogP contribution < -0.4 is 10.1 Å². The van der Waals surface area contributed by atoms with E-state index in [0.29, 0.717) is 24.7 Å². The minimum atomic E-state index is -0.299. The van der Waals surface area contributed by atoms with E-state index in [0.717, 1.165) is 11.3 Å². The number of alkyl halides is 2. The van der Waals surface area contributed by atoms with Crippen LogP contribution in [0.1, 0.15) is 12.5 Å². The monoisotopic (exact) mass is 291 g/mol. The minimum absolute atomic E-state index is 0.00700. The fourth-order valence-electron chi connectivity index (χ4n) is 1.89. The van der Waals surface area contributed by atoms with Crippen LogP contribution >= 0.6 is 23.2 Å². The van der Waals surface area contributed by atoms with Crippen LogP contribution in [0.2, 0.25) is 0 Å². The van der Waals surface area contributed by atoms with Gasteiger partial charge in [-0.2, -0.15) is 0 Å². The molecule has 0 saturated carbocycles. The second-order valence-corrected chi connectivity index (χ2v) is 5.44. The zero-order valence-electron chi connectivity index (χ0n) is 10.2. The Bertz CT molecular complexity index is 423. The fraction of sp³-hybridized carbons (Fsp3) is 0.538. The van der Waals surface area contributed by atoms with E-state index in [1.54, 1.807) is 6.07 Å². The quantitative estimate of drug-likeness (QED) is 0.842. The van der Waals surface area contributed by atoms with Gasteiger partial charge in [-0.05, 0) is 25.1 Å². The smallest absolute Gasteiger partial charge is 0.123 e. The molecule has 1 aromatic carbocycles. The average molecular weight is 292 g/mol. The maximum Gasteiger partial charge on any atom is 0.123 e. The van der Waals surface area contributed by atoms with Crippen molar-refractivity contribution in [3.05, 3.63) is 29.6 Å². The molecule has 5 heteroatoms. The van der Waals surface area contributed by atoms with E-state index in [1.165, 1.54) is 12.1 Å². The minimum Gasteiger partial charge on any atom is -0.488 e. The van der Waals surface area contributed by atoms with Crippen molar-refractivity contribution in [1.29, 1.82) is 0 Å². The van der Waals surface area contributed by atoms with Crippen LogP contribution in [0.4, 0.5) is 4.39 Å². The molecule has 0 aliphatic carbocycles. The summed E-state index contributed by atoms with van der Waals surface area (Å²) in [5, 5.41) is 3.30.